The van der Waals surface area contributed by atoms with Crippen LogP contribution in [-0.4, -0.2) is 18.3 Å². The van der Waals surface area contributed by atoms with E-state index in [0.717, 1.165) is 5.69 Å². The molecule has 0 aliphatic rings. The minimum absolute atomic E-state index is 0.418. The van der Waals surface area contributed by atoms with E-state index in [2.05, 4.69) is 10.5 Å². The molecule has 0 aromatic carbocycles. The van der Waals surface area contributed by atoms with Crippen LogP contribution in [0, 0.1) is 5.51 Å². The van der Waals surface area contributed by atoms with Crippen molar-refractivity contribution >= 4 is 18.7 Å². The first kappa shape index (κ1) is 9.90. The molecule has 1 radical (unpaired) electrons. The quantitative estimate of drug-likeness (QED) is 0.707. The first-order chi connectivity index (χ1) is 5.64. The lowest BCUT2D eigenvalue weighted by atomic mass is 10.6. The average molecular weight is 204 g/mol. The molecule has 0 aliphatic carbocycles. The normalized spacial score (nSPS) is 15.8. The van der Waals surface area contributed by atoms with Crippen molar-refractivity contribution in [1.82, 2.24) is 4.98 Å². The van der Waals surface area contributed by atoms with Gasteiger partial charge in [-0.25, -0.2) is 4.98 Å². The van der Waals surface area contributed by atoms with Crippen LogP contribution in [0.4, 0.5) is 0 Å². The first-order valence-corrected chi connectivity index (χ1v) is 6.79. The summed E-state index contributed by atoms with van der Waals surface area (Å²) in [6.45, 7) is 3.96. The highest BCUT2D eigenvalue weighted by Gasteiger charge is 2.16. The number of hydrogen-bond acceptors (Lipinski definition) is 4. The van der Waals surface area contributed by atoms with Gasteiger partial charge in [-0.15, -0.1) is 11.3 Å². The third kappa shape index (κ3) is 3.05. The molecule has 1 atom stereocenters. The number of nitrogens with zero attached hydrogens (tertiary/aromatic N) is 1. The Morgan fingerprint density at radius 2 is 2.58 bits per heavy atom. The van der Waals surface area contributed by atoms with Crippen LogP contribution in [0.1, 0.15) is 12.6 Å². The van der Waals surface area contributed by atoms with E-state index in [1.807, 2.05) is 12.3 Å². The van der Waals surface area contributed by atoms with E-state index in [4.69, 9.17) is 4.52 Å². The molecule has 1 aromatic heterocycles. The second kappa shape index (κ2) is 4.17. The van der Waals surface area contributed by atoms with E-state index in [1.165, 1.54) is 11.3 Å². The Balaban J connectivity index is 2.56. The van der Waals surface area contributed by atoms with Crippen LogP contribution in [-0.2, 0) is 15.3 Å². The van der Waals surface area contributed by atoms with Crippen LogP contribution >= 0.6 is 18.7 Å². The van der Waals surface area contributed by atoms with Gasteiger partial charge in [0, 0.05) is 12.0 Å². The maximum absolute atomic E-state index is 11.6. The standard InChI is InChI=1S/C7H11NO2PS/c1-3-10-11(2,9)4-7-5-12-6-8-7/h5H,3-4H2,1-2H3/t11-/m0/s1. The smallest absolute Gasteiger partial charge is 0.206 e. The summed E-state index contributed by atoms with van der Waals surface area (Å²) >= 11 is 1.39. The summed E-state index contributed by atoms with van der Waals surface area (Å²) in [6, 6.07) is 0. The molecule has 0 saturated heterocycles. The van der Waals surface area contributed by atoms with E-state index in [0.29, 0.717) is 12.8 Å². The van der Waals surface area contributed by atoms with E-state index in [-0.39, 0.29) is 0 Å². The second-order valence-corrected chi connectivity index (χ2v) is 5.78. The number of hydrogen-bond donors (Lipinski definition) is 0. The molecular weight excluding hydrogens is 193 g/mol. The summed E-state index contributed by atoms with van der Waals surface area (Å²) in [7, 11) is -2.46. The van der Waals surface area contributed by atoms with Gasteiger partial charge in [0.1, 0.15) is 0 Å². The summed E-state index contributed by atoms with van der Waals surface area (Å²) in [5.74, 6) is 0. The van der Waals surface area contributed by atoms with Gasteiger partial charge >= 0.3 is 0 Å². The molecule has 0 aliphatic heterocycles. The van der Waals surface area contributed by atoms with Gasteiger partial charge in [0.25, 0.3) is 0 Å². The van der Waals surface area contributed by atoms with Crippen molar-refractivity contribution in [2.45, 2.75) is 13.1 Å². The van der Waals surface area contributed by atoms with Crippen molar-refractivity contribution in [2.75, 3.05) is 13.3 Å². The van der Waals surface area contributed by atoms with Crippen molar-refractivity contribution in [3.8, 4) is 0 Å². The monoisotopic (exact) mass is 204 g/mol. The summed E-state index contributed by atoms with van der Waals surface area (Å²) < 4.78 is 16.7. The predicted octanol–water partition coefficient (Wildman–Crippen LogP) is 2.39. The molecule has 0 saturated carbocycles. The fourth-order valence-electron chi connectivity index (χ4n) is 0.891. The zero-order chi connectivity index (χ0) is 9.03. The van der Waals surface area contributed by atoms with Gasteiger partial charge in [-0.2, -0.15) is 0 Å². The van der Waals surface area contributed by atoms with Crippen LogP contribution in [0.2, 0.25) is 0 Å². The Labute approximate surface area is 76.2 Å². The minimum Gasteiger partial charge on any atom is -0.329 e. The molecule has 0 amide bonds. The van der Waals surface area contributed by atoms with Gasteiger partial charge in [-0.3, -0.25) is 4.57 Å². The minimum atomic E-state index is -2.46. The lowest BCUT2D eigenvalue weighted by Gasteiger charge is -2.09. The molecule has 3 nitrogen and oxygen atoms in total. The Kier molecular flexibility index (Phi) is 3.44. The maximum atomic E-state index is 11.6. The van der Waals surface area contributed by atoms with E-state index < -0.39 is 7.37 Å². The van der Waals surface area contributed by atoms with Crippen molar-refractivity contribution in [3.05, 3.63) is 16.6 Å². The summed E-state index contributed by atoms with van der Waals surface area (Å²) in [5.41, 5.74) is 3.51. The van der Waals surface area contributed by atoms with E-state index in [1.54, 1.807) is 6.66 Å². The van der Waals surface area contributed by atoms with E-state index >= 15 is 0 Å². The van der Waals surface area contributed by atoms with Crippen LogP contribution in [0.5, 0.6) is 0 Å². The number of aromatic nitrogens is 1. The molecule has 1 heterocycles. The molecular formula is C7H11NO2PS. The highest BCUT2D eigenvalue weighted by molar-refractivity contribution is 7.57. The van der Waals surface area contributed by atoms with Gasteiger partial charge in [-0.05, 0) is 6.92 Å². The highest BCUT2D eigenvalue weighted by atomic mass is 32.1. The van der Waals surface area contributed by atoms with Gasteiger partial charge < -0.3 is 4.52 Å². The lowest BCUT2D eigenvalue weighted by molar-refractivity contribution is 0.336. The van der Waals surface area contributed by atoms with Gasteiger partial charge in [0.2, 0.25) is 7.37 Å². The van der Waals surface area contributed by atoms with Gasteiger partial charge in [0.05, 0.1) is 18.5 Å². The Hall–Kier alpha value is -0.180. The molecule has 0 spiro atoms. The van der Waals surface area contributed by atoms with Crippen LogP contribution < -0.4 is 0 Å². The van der Waals surface area contributed by atoms with Gasteiger partial charge in [-0.1, -0.05) is 0 Å². The third-order valence-electron chi connectivity index (χ3n) is 1.29. The summed E-state index contributed by atoms with van der Waals surface area (Å²) in [5, 5.41) is 1.84. The highest BCUT2D eigenvalue weighted by Crippen LogP contribution is 2.45. The molecule has 0 unspecified atom stereocenters. The molecule has 5 heteroatoms. The molecule has 0 N–H and O–H groups in total. The van der Waals surface area contributed by atoms with Crippen LogP contribution in [0.3, 0.4) is 0 Å². The van der Waals surface area contributed by atoms with Crippen LogP contribution in [0.25, 0.3) is 0 Å². The molecule has 0 bridgehead atoms. The first-order valence-electron chi connectivity index (χ1n) is 3.65. The second-order valence-electron chi connectivity index (χ2n) is 2.52. The zero-order valence-corrected chi connectivity index (χ0v) is 8.82. The largest absolute Gasteiger partial charge is 0.329 e. The summed E-state index contributed by atoms with van der Waals surface area (Å²) in [4.78, 5) is 3.92. The molecule has 0 fully saturated rings. The number of thiazole rings is 1. The Bertz CT molecular complexity index is 273. The van der Waals surface area contributed by atoms with Crippen LogP contribution in [0.15, 0.2) is 5.38 Å². The lowest BCUT2D eigenvalue weighted by Crippen LogP contribution is -1.92. The maximum Gasteiger partial charge on any atom is 0.206 e. The van der Waals surface area contributed by atoms with Crippen molar-refractivity contribution < 1.29 is 9.09 Å². The fourth-order valence-corrected chi connectivity index (χ4v) is 2.90. The van der Waals surface area contributed by atoms with Crippen molar-refractivity contribution in [1.29, 1.82) is 0 Å². The van der Waals surface area contributed by atoms with E-state index in [9.17, 15) is 4.57 Å². The zero-order valence-electron chi connectivity index (χ0n) is 7.11. The molecule has 67 valence electrons. The van der Waals surface area contributed by atoms with Crippen molar-refractivity contribution in [2.24, 2.45) is 0 Å². The molecule has 1 rings (SSSR count). The Morgan fingerprint density at radius 1 is 1.83 bits per heavy atom. The molecule has 1 aromatic rings. The Morgan fingerprint density at radius 3 is 3.08 bits per heavy atom. The topological polar surface area (TPSA) is 39.2 Å². The molecule has 12 heavy (non-hydrogen) atoms. The van der Waals surface area contributed by atoms with Crippen molar-refractivity contribution in [3.63, 3.8) is 0 Å². The summed E-state index contributed by atoms with van der Waals surface area (Å²) in [6.07, 6.45) is 0.418. The SMILES string of the molecule is CCO[P@](C)(=O)Cc1cs[c]n1. The predicted molar refractivity (Wildman–Crippen MR) is 49.8 cm³/mol. The fraction of sp³-hybridized carbons (Fsp3) is 0.571. The third-order valence-corrected chi connectivity index (χ3v) is 3.58. The number of rotatable bonds is 4. The average Bonchev–Trinajstić information content (AvgIpc) is 2.38. The van der Waals surface area contributed by atoms with Gasteiger partial charge in [0.15, 0.2) is 5.51 Å².